The summed E-state index contributed by atoms with van der Waals surface area (Å²) in [6, 6.07) is 7.45. The second-order valence-corrected chi connectivity index (χ2v) is 5.76. The third kappa shape index (κ3) is 4.53. The molecule has 3 N–H and O–H groups in total. The summed E-state index contributed by atoms with van der Waals surface area (Å²) in [6.45, 7) is 2.43. The molecule has 0 aliphatic carbocycles. The Morgan fingerprint density at radius 2 is 2.17 bits per heavy atom. The van der Waals surface area contributed by atoms with Crippen LogP contribution >= 0.6 is 0 Å². The number of methoxy groups -OCH3 is 1. The second kappa shape index (κ2) is 8.64. The van der Waals surface area contributed by atoms with Crippen LogP contribution in [0.3, 0.4) is 0 Å². The van der Waals surface area contributed by atoms with Crippen molar-refractivity contribution in [2.75, 3.05) is 33.3 Å². The molecule has 23 heavy (non-hydrogen) atoms. The van der Waals surface area contributed by atoms with Gasteiger partial charge in [0.25, 0.3) is 5.91 Å². The van der Waals surface area contributed by atoms with E-state index >= 15 is 0 Å². The van der Waals surface area contributed by atoms with E-state index in [2.05, 4.69) is 5.32 Å². The number of ether oxygens (including phenoxy) is 1. The number of nitrogens with two attached hydrogens (primary N) is 1. The molecule has 1 aromatic carbocycles. The molecule has 1 aliphatic rings. The van der Waals surface area contributed by atoms with Crippen molar-refractivity contribution in [1.29, 1.82) is 0 Å². The van der Waals surface area contributed by atoms with Crippen LogP contribution < -0.4 is 11.1 Å². The highest BCUT2D eigenvalue weighted by atomic mass is 16.5. The van der Waals surface area contributed by atoms with Gasteiger partial charge in [-0.2, -0.15) is 0 Å². The molecule has 1 aromatic rings. The van der Waals surface area contributed by atoms with Crippen LogP contribution in [0.15, 0.2) is 24.3 Å². The van der Waals surface area contributed by atoms with E-state index in [0.717, 1.165) is 18.4 Å². The Morgan fingerprint density at radius 3 is 2.91 bits per heavy atom. The second-order valence-electron chi connectivity index (χ2n) is 5.76. The van der Waals surface area contributed by atoms with Crippen LogP contribution in [0.25, 0.3) is 0 Å². The van der Waals surface area contributed by atoms with Gasteiger partial charge in [0.2, 0.25) is 5.91 Å². The fourth-order valence-corrected chi connectivity index (χ4v) is 2.90. The molecule has 1 saturated heterocycles. The number of piperidine rings is 1. The smallest absolute Gasteiger partial charge is 0.254 e. The number of amides is 2. The van der Waals surface area contributed by atoms with Gasteiger partial charge in [-0.3, -0.25) is 9.59 Å². The van der Waals surface area contributed by atoms with Gasteiger partial charge in [0.05, 0.1) is 12.5 Å². The number of nitrogens with one attached hydrogen (secondary N) is 1. The highest BCUT2D eigenvalue weighted by Crippen LogP contribution is 2.20. The minimum atomic E-state index is -0.158. The average Bonchev–Trinajstić information content (AvgIpc) is 2.60. The van der Waals surface area contributed by atoms with Crippen molar-refractivity contribution in [1.82, 2.24) is 10.2 Å². The van der Waals surface area contributed by atoms with Crippen molar-refractivity contribution in [3.05, 3.63) is 35.4 Å². The highest BCUT2D eigenvalue weighted by Gasteiger charge is 2.29. The zero-order valence-electron chi connectivity index (χ0n) is 13.6. The van der Waals surface area contributed by atoms with Gasteiger partial charge in [0.1, 0.15) is 0 Å². The first kappa shape index (κ1) is 17.4. The largest absolute Gasteiger partial charge is 0.380 e. The van der Waals surface area contributed by atoms with E-state index < -0.39 is 0 Å². The van der Waals surface area contributed by atoms with E-state index in [1.165, 1.54) is 0 Å². The van der Waals surface area contributed by atoms with Crippen LogP contribution in [0.2, 0.25) is 0 Å². The highest BCUT2D eigenvalue weighted by molar-refractivity contribution is 5.96. The van der Waals surface area contributed by atoms with Crippen LogP contribution in [0.5, 0.6) is 0 Å². The summed E-state index contributed by atoms with van der Waals surface area (Å²) >= 11 is 0. The zero-order chi connectivity index (χ0) is 16.7. The first-order chi connectivity index (χ1) is 11.2. The SMILES string of the molecule is COCc1ccccc1C(=O)N1CCCC(C(=O)NCCN)C1. The molecular weight excluding hydrogens is 294 g/mol. The average molecular weight is 319 g/mol. The summed E-state index contributed by atoms with van der Waals surface area (Å²) in [5, 5.41) is 2.81. The quantitative estimate of drug-likeness (QED) is 0.811. The maximum Gasteiger partial charge on any atom is 0.254 e. The molecular formula is C17H25N3O3. The van der Waals surface area contributed by atoms with Crippen LogP contribution in [0, 0.1) is 5.92 Å². The van der Waals surface area contributed by atoms with Crippen molar-refractivity contribution in [2.45, 2.75) is 19.4 Å². The molecule has 0 radical (unpaired) electrons. The van der Waals surface area contributed by atoms with Gasteiger partial charge >= 0.3 is 0 Å². The summed E-state index contributed by atoms with van der Waals surface area (Å²) in [6.07, 6.45) is 1.64. The van der Waals surface area contributed by atoms with Crippen molar-refractivity contribution in [3.63, 3.8) is 0 Å². The van der Waals surface area contributed by atoms with E-state index in [4.69, 9.17) is 10.5 Å². The van der Waals surface area contributed by atoms with E-state index in [1.54, 1.807) is 12.0 Å². The Hall–Kier alpha value is -1.92. The number of likely N-dealkylation sites (tertiary alicyclic amines) is 1. The predicted octanol–water partition coefficient (Wildman–Crippen LogP) is 0.760. The molecule has 1 heterocycles. The molecule has 0 bridgehead atoms. The number of hydrogen-bond acceptors (Lipinski definition) is 4. The van der Waals surface area contributed by atoms with Crippen molar-refractivity contribution < 1.29 is 14.3 Å². The maximum absolute atomic E-state index is 12.8. The summed E-state index contributed by atoms with van der Waals surface area (Å²) in [7, 11) is 1.61. The monoisotopic (exact) mass is 319 g/mol. The number of benzene rings is 1. The molecule has 1 fully saturated rings. The lowest BCUT2D eigenvalue weighted by atomic mass is 9.96. The normalized spacial score (nSPS) is 17.8. The Balaban J connectivity index is 2.06. The van der Waals surface area contributed by atoms with Crippen LogP contribution in [-0.4, -0.2) is 50.0 Å². The van der Waals surface area contributed by atoms with Crippen LogP contribution in [0.4, 0.5) is 0 Å². The summed E-state index contributed by atoms with van der Waals surface area (Å²) in [5.74, 6) is -0.207. The van der Waals surface area contributed by atoms with Crippen LogP contribution in [-0.2, 0) is 16.1 Å². The zero-order valence-corrected chi connectivity index (χ0v) is 13.6. The third-order valence-corrected chi connectivity index (χ3v) is 4.07. The number of nitrogens with zero attached hydrogens (tertiary/aromatic N) is 1. The summed E-state index contributed by atoms with van der Waals surface area (Å²) in [4.78, 5) is 26.7. The number of hydrogen-bond donors (Lipinski definition) is 2. The maximum atomic E-state index is 12.8. The Bertz CT molecular complexity index is 548. The lowest BCUT2D eigenvalue weighted by Gasteiger charge is -2.32. The summed E-state index contributed by atoms with van der Waals surface area (Å²) in [5.41, 5.74) is 6.93. The van der Waals surface area contributed by atoms with Crippen molar-refractivity contribution in [3.8, 4) is 0 Å². The molecule has 2 rings (SSSR count). The fraction of sp³-hybridized carbons (Fsp3) is 0.529. The topological polar surface area (TPSA) is 84.7 Å². The molecule has 126 valence electrons. The number of rotatable bonds is 6. The van der Waals surface area contributed by atoms with E-state index in [9.17, 15) is 9.59 Å². The molecule has 0 spiro atoms. The molecule has 6 nitrogen and oxygen atoms in total. The lowest BCUT2D eigenvalue weighted by molar-refractivity contribution is -0.126. The van der Waals surface area contributed by atoms with E-state index in [1.807, 2.05) is 24.3 Å². The fourth-order valence-electron chi connectivity index (χ4n) is 2.90. The van der Waals surface area contributed by atoms with Crippen molar-refractivity contribution in [2.24, 2.45) is 11.7 Å². The van der Waals surface area contributed by atoms with Gasteiger partial charge in [-0.05, 0) is 24.5 Å². The Kier molecular flexibility index (Phi) is 6.55. The van der Waals surface area contributed by atoms with E-state index in [-0.39, 0.29) is 17.7 Å². The molecule has 1 atom stereocenters. The molecule has 1 unspecified atom stereocenters. The summed E-state index contributed by atoms with van der Waals surface area (Å²) < 4.78 is 5.16. The predicted molar refractivity (Wildman–Crippen MR) is 87.8 cm³/mol. The first-order valence-electron chi connectivity index (χ1n) is 8.01. The molecule has 0 aromatic heterocycles. The van der Waals surface area contributed by atoms with Gasteiger partial charge < -0.3 is 20.7 Å². The number of carbonyl (C=O) groups excluding carboxylic acids is 2. The van der Waals surface area contributed by atoms with E-state index in [0.29, 0.717) is 38.3 Å². The minimum absolute atomic E-state index is 0.0156. The van der Waals surface area contributed by atoms with Crippen molar-refractivity contribution >= 4 is 11.8 Å². The van der Waals surface area contributed by atoms with Gasteiger partial charge in [-0.25, -0.2) is 0 Å². The third-order valence-electron chi connectivity index (χ3n) is 4.07. The molecule has 2 amide bonds. The van der Waals surface area contributed by atoms with Crippen LogP contribution in [0.1, 0.15) is 28.8 Å². The lowest BCUT2D eigenvalue weighted by Crippen LogP contribution is -2.46. The first-order valence-corrected chi connectivity index (χ1v) is 8.01. The number of carbonyl (C=O) groups is 2. The van der Waals surface area contributed by atoms with Gasteiger partial charge in [0.15, 0.2) is 0 Å². The molecule has 1 aliphatic heterocycles. The van der Waals surface area contributed by atoms with Gasteiger partial charge in [-0.15, -0.1) is 0 Å². The Morgan fingerprint density at radius 1 is 1.39 bits per heavy atom. The Labute approximate surface area is 137 Å². The van der Waals surface area contributed by atoms with Gasteiger partial charge in [0, 0.05) is 38.9 Å². The molecule has 0 saturated carbocycles. The minimum Gasteiger partial charge on any atom is -0.380 e. The standard InChI is InChI=1S/C17H25N3O3/c1-23-12-14-5-2-3-7-15(14)17(22)20-10-4-6-13(11-20)16(21)19-9-8-18/h2-3,5,7,13H,4,6,8-12,18H2,1H3,(H,19,21). The van der Waals surface area contributed by atoms with Gasteiger partial charge in [-0.1, -0.05) is 18.2 Å². The molecule has 6 heteroatoms.